The average Bonchev–Trinajstić information content (AvgIpc) is 2.76. The van der Waals surface area contributed by atoms with Gasteiger partial charge in [0.1, 0.15) is 6.04 Å². The summed E-state index contributed by atoms with van der Waals surface area (Å²) >= 11 is 0. The quantitative estimate of drug-likeness (QED) is 0.152. The minimum Gasteiger partial charge on any atom is -0.345 e. The third kappa shape index (κ3) is 11.5. The molecule has 0 radical (unpaired) electrons. The first-order chi connectivity index (χ1) is 15.2. The molecule has 0 unspecified atom stereocenters. The van der Waals surface area contributed by atoms with E-state index in [0.29, 0.717) is 6.42 Å². The highest BCUT2D eigenvalue weighted by atomic mass is 33.1. The van der Waals surface area contributed by atoms with Crippen LogP contribution in [0.1, 0.15) is 38.7 Å². The van der Waals surface area contributed by atoms with Gasteiger partial charge >= 0.3 is 0 Å². The number of unbranched alkanes of at least 4 members (excludes halogenated alkanes) is 1. The highest BCUT2D eigenvalue weighted by molar-refractivity contribution is 8.81. The van der Waals surface area contributed by atoms with Crippen LogP contribution in [-0.2, 0) is 20.8 Å². The molecule has 0 aromatic heterocycles. The minimum atomic E-state index is -0.870. The smallest absolute Gasteiger partial charge is 0.292 e. The van der Waals surface area contributed by atoms with Gasteiger partial charge in [-0.15, -0.1) is 0 Å². The molecule has 0 heterocycles. The normalized spacial score (nSPS) is 13.5. The van der Waals surface area contributed by atoms with Gasteiger partial charge in [-0.05, 0) is 45.8 Å². The second-order valence-electron chi connectivity index (χ2n) is 7.35. The van der Waals surface area contributed by atoms with Crippen molar-refractivity contribution in [3.05, 3.63) is 35.9 Å². The van der Waals surface area contributed by atoms with E-state index in [-0.39, 0.29) is 18.1 Å². The van der Waals surface area contributed by atoms with Crippen LogP contribution in [0.25, 0.3) is 0 Å². The number of benzene rings is 1. The van der Waals surface area contributed by atoms with Crippen molar-refractivity contribution < 1.29 is 19.2 Å². The molecule has 0 spiro atoms. The summed E-state index contributed by atoms with van der Waals surface area (Å²) < 4.78 is 2.55. The summed E-state index contributed by atoms with van der Waals surface area (Å²) in [6, 6.07) is 7.06. The Labute approximate surface area is 197 Å². The highest BCUT2D eigenvalue weighted by Crippen LogP contribution is 2.19. The number of nitrogens with one attached hydrogen (secondary N) is 4. The van der Waals surface area contributed by atoms with E-state index in [4.69, 9.17) is 5.73 Å². The maximum absolute atomic E-state index is 12.6. The van der Waals surface area contributed by atoms with Crippen molar-refractivity contribution >= 4 is 44.6 Å². The predicted molar refractivity (Wildman–Crippen MR) is 130 cm³/mol. The van der Waals surface area contributed by atoms with E-state index >= 15 is 0 Å². The molecule has 0 saturated heterocycles. The van der Waals surface area contributed by atoms with Crippen molar-refractivity contribution in [1.82, 2.24) is 20.7 Å². The van der Waals surface area contributed by atoms with Crippen molar-refractivity contribution in [1.29, 1.82) is 0 Å². The molecule has 0 aliphatic rings. The number of carbonyl (C=O) groups excluding carboxylic acids is 4. The van der Waals surface area contributed by atoms with E-state index in [1.54, 1.807) is 6.92 Å². The first kappa shape index (κ1) is 28.0. The molecule has 32 heavy (non-hydrogen) atoms. The summed E-state index contributed by atoms with van der Waals surface area (Å²) in [5.41, 5.74) is 6.72. The van der Waals surface area contributed by atoms with Gasteiger partial charge in [0.2, 0.25) is 11.8 Å². The third-order valence-corrected chi connectivity index (χ3v) is 6.24. The fourth-order valence-corrected chi connectivity index (χ4v) is 3.90. The summed E-state index contributed by atoms with van der Waals surface area (Å²) in [6.45, 7) is 3.84. The Morgan fingerprint density at radius 1 is 1.03 bits per heavy atom. The molecular formula is C21H33N5O4S2. The summed E-state index contributed by atoms with van der Waals surface area (Å²) in [6.07, 6.45) is 2.56. The largest absolute Gasteiger partial charge is 0.345 e. The number of nitrogens with two attached hydrogens (primary N) is 1. The molecule has 0 aliphatic carbocycles. The molecule has 0 saturated carbocycles. The SMILES string of the molecule is CNCCCC[C@H](N)C(=O)NSSC(=O)N[C@@H](Cc1ccccc1)C(=O)N[C@@H](C)C(C)=O. The van der Waals surface area contributed by atoms with Gasteiger partial charge in [0.15, 0.2) is 5.78 Å². The van der Waals surface area contributed by atoms with Gasteiger partial charge in [0.25, 0.3) is 5.24 Å². The molecule has 178 valence electrons. The molecule has 0 fully saturated rings. The van der Waals surface area contributed by atoms with Crippen LogP contribution in [0, 0.1) is 0 Å². The second kappa shape index (κ2) is 15.7. The molecule has 0 aliphatic heterocycles. The fraction of sp³-hybridized carbons (Fsp3) is 0.524. The van der Waals surface area contributed by atoms with Crippen molar-refractivity contribution in [2.75, 3.05) is 13.6 Å². The zero-order valence-corrected chi connectivity index (χ0v) is 20.3. The van der Waals surface area contributed by atoms with Crippen molar-refractivity contribution in [2.24, 2.45) is 5.73 Å². The number of hydrogen-bond donors (Lipinski definition) is 5. The molecule has 1 aromatic carbocycles. The Balaban J connectivity index is 2.55. The molecule has 3 amide bonds. The maximum atomic E-state index is 12.6. The molecule has 3 atom stereocenters. The van der Waals surface area contributed by atoms with Crippen molar-refractivity contribution in [3.63, 3.8) is 0 Å². The van der Waals surface area contributed by atoms with Crippen LogP contribution >= 0.6 is 21.8 Å². The zero-order chi connectivity index (χ0) is 23.9. The van der Waals surface area contributed by atoms with Crippen molar-refractivity contribution in [3.8, 4) is 0 Å². The maximum Gasteiger partial charge on any atom is 0.292 e. The Morgan fingerprint density at radius 2 is 1.72 bits per heavy atom. The number of carbonyl (C=O) groups is 4. The van der Waals surface area contributed by atoms with Crippen LogP contribution in [0.15, 0.2) is 30.3 Å². The van der Waals surface area contributed by atoms with E-state index in [1.165, 1.54) is 6.92 Å². The van der Waals surface area contributed by atoms with Crippen LogP contribution in [0.5, 0.6) is 0 Å². The average molecular weight is 484 g/mol. The van der Waals surface area contributed by atoms with Gasteiger partial charge < -0.3 is 21.7 Å². The molecule has 9 nitrogen and oxygen atoms in total. The summed E-state index contributed by atoms with van der Waals surface area (Å²) in [5.74, 6) is -0.991. The molecule has 6 N–H and O–H groups in total. The van der Waals surface area contributed by atoms with Crippen LogP contribution < -0.4 is 26.4 Å². The van der Waals surface area contributed by atoms with Crippen LogP contribution in [0.3, 0.4) is 0 Å². The van der Waals surface area contributed by atoms with Gasteiger partial charge in [-0.2, -0.15) is 0 Å². The fourth-order valence-electron chi connectivity index (χ4n) is 2.61. The lowest BCUT2D eigenvalue weighted by atomic mass is 10.0. The van der Waals surface area contributed by atoms with E-state index < -0.39 is 29.3 Å². The van der Waals surface area contributed by atoms with Crippen molar-refractivity contribution in [2.45, 2.75) is 57.7 Å². The van der Waals surface area contributed by atoms with Crippen LogP contribution in [0.4, 0.5) is 4.79 Å². The molecule has 11 heteroatoms. The summed E-state index contributed by atoms with van der Waals surface area (Å²) in [5, 5.41) is 7.80. The first-order valence-electron chi connectivity index (χ1n) is 10.4. The number of rotatable bonds is 14. The van der Waals surface area contributed by atoms with Crippen LogP contribution in [-0.4, -0.2) is 54.6 Å². The molecule has 1 rings (SSSR count). The Morgan fingerprint density at radius 3 is 2.34 bits per heavy atom. The highest BCUT2D eigenvalue weighted by Gasteiger charge is 2.24. The Kier molecular flexibility index (Phi) is 13.7. The van der Waals surface area contributed by atoms with Gasteiger partial charge in [0, 0.05) is 28.2 Å². The number of hydrogen-bond acceptors (Lipinski definition) is 8. The predicted octanol–water partition coefficient (Wildman–Crippen LogP) is 1.53. The Hall–Kier alpha value is -2.08. The lowest BCUT2D eigenvalue weighted by molar-refractivity contribution is -0.127. The van der Waals surface area contributed by atoms with E-state index in [0.717, 1.165) is 46.7 Å². The minimum absolute atomic E-state index is 0.182. The van der Waals surface area contributed by atoms with Gasteiger partial charge in [0.05, 0.1) is 12.1 Å². The Bertz CT molecular complexity index is 751. The van der Waals surface area contributed by atoms with E-state index in [9.17, 15) is 19.2 Å². The molecular weight excluding hydrogens is 450 g/mol. The topological polar surface area (TPSA) is 142 Å². The standard InChI is InChI=1S/C21H33N5O4S2/c1-14(15(2)27)24-20(29)18(13-16-9-5-4-6-10-16)25-21(30)31-32-26-19(28)17(22)11-7-8-12-23-3/h4-6,9-10,14,17-18,23H,7-8,11-13,22H2,1-3H3,(H,24,29)(H,25,30)(H,26,28)/t14-,17-,18-/m0/s1. The lowest BCUT2D eigenvalue weighted by Gasteiger charge is -2.20. The molecule has 1 aromatic rings. The number of Topliss-reactive ketones (excluding diaryl/α,β-unsaturated/α-hetero) is 1. The number of amides is 3. The second-order valence-corrected chi connectivity index (χ2v) is 9.26. The van der Waals surface area contributed by atoms with E-state index in [2.05, 4.69) is 20.7 Å². The van der Waals surface area contributed by atoms with E-state index in [1.807, 2.05) is 37.4 Å². The van der Waals surface area contributed by atoms with Gasteiger partial charge in [-0.25, -0.2) is 0 Å². The first-order valence-corrected chi connectivity index (χ1v) is 12.6. The number of ketones is 1. The molecule has 0 bridgehead atoms. The zero-order valence-electron chi connectivity index (χ0n) is 18.7. The third-order valence-electron chi connectivity index (χ3n) is 4.65. The monoisotopic (exact) mass is 483 g/mol. The van der Waals surface area contributed by atoms with Gasteiger partial charge in [-0.3, -0.25) is 23.9 Å². The van der Waals surface area contributed by atoms with Crippen LogP contribution in [0.2, 0.25) is 0 Å². The summed E-state index contributed by atoms with van der Waals surface area (Å²) in [4.78, 5) is 48.5. The summed E-state index contributed by atoms with van der Waals surface area (Å²) in [7, 11) is 3.47. The lowest BCUT2D eigenvalue weighted by Crippen LogP contribution is -2.50. The van der Waals surface area contributed by atoms with Gasteiger partial charge in [-0.1, -0.05) is 36.8 Å².